The number of nitrogens with zero attached hydrogens (tertiary/aromatic N) is 1. The number of urea groups is 1. The van der Waals surface area contributed by atoms with Crippen LogP contribution in [0.15, 0.2) is 48.5 Å². The number of carbonyl (C=O) groups is 3. The van der Waals surface area contributed by atoms with Gasteiger partial charge in [-0.3, -0.25) is 4.79 Å². The second-order valence-corrected chi connectivity index (χ2v) is 7.25. The normalized spacial score (nSPS) is 18.6. The first kappa shape index (κ1) is 22.1. The number of aliphatic hydroxyl groups excluding tert-OH is 1. The molecule has 2 atom stereocenters. The zero-order valence-corrected chi connectivity index (χ0v) is 17.1. The molecule has 2 aromatic carbocycles. The largest absolute Gasteiger partial charge is 0.508 e. The summed E-state index contributed by atoms with van der Waals surface area (Å²) in [6.07, 6.45) is 0.156. The number of benzene rings is 2. The standard InChI is InChI=1S/C22H25N3O6/c1-31-21(29)16-5-2-3-6-17(16)24-22(30)25-12-4-7-19(27)18(13-25)23-20(28)14-8-10-15(26)11-9-14/h2-3,5-6,8-11,18-19,26-27H,4,7,12-13H2,1H3,(H,23,28)(H,24,30). The van der Waals surface area contributed by atoms with Gasteiger partial charge in [0.15, 0.2) is 0 Å². The van der Waals surface area contributed by atoms with Gasteiger partial charge in [0, 0.05) is 18.7 Å². The predicted molar refractivity (Wildman–Crippen MR) is 113 cm³/mol. The molecular weight excluding hydrogens is 402 g/mol. The van der Waals surface area contributed by atoms with Gasteiger partial charge in [-0.2, -0.15) is 0 Å². The number of anilines is 1. The van der Waals surface area contributed by atoms with Crippen molar-refractivity contribution < 1.29 is 29.3 Å². The number of aromatic hydroxyl groups is 1. The number of likely N-dealkylation sites (tertiary alicyclic amines) is 1. The minimum absolute atomic E-state index is 0.0427. The maximum Gasteiger partial charge on any atom is 0.339 e. The third-order valence-corrected chi connectivity index (χ3v) is 5.12. The van der Waals surface area contributed by atoms with Gasteiger partial charge in [0.2, 0.25) is 0 Å². The minimum Gasteiger partial charge on any atom is -0.508 e. The van der Waals surface area contributed by atoms with Crippen LogP contribution in [0.25, 0.3) is 0 Å². The highest BCUT2D eigenvalue weighted by molar-refractivity contribution is 6.00. The van der Waals surface area contributed by atoms with Crippen molar-refractivity contribution >= 4 is 23.6 Å². The Bertz CT molecular complexity index is 947. The molecule has 1 aliphatic heterocycles. The third-order valence-electron chi connectivity index (χ3n) is 5.12. The van der Waals surface area contributed by atoms with Crippen LogP contribution in [0, 0.1) is 0 Å². The Morgan fingerprint density at radius 2 is 1.81 bits per heavy atom. The fraction of sp³-hybridized carbons (Fsp3) is 0.318. The number of carbonyl (C=O) groups excluding carboxylic acids is 3. The maximum atomic E-state index is 12.9. The molecule has 0 spiro atoms. The SMILES string of the molecule is COC(=O)c1ccccc1NC(=O)N1CCCC(O)C(NC(=O)c2ccc(O)cc2)C1. The van der Waals surface area contributed by atoms with Gasteiger partial charge in [0.1, 0.15) is 5.75 Å². The number of phenols is 1. The van der Waals surface area contributed by atoms with E-state index in [9.17, 15) is 24.6 Å². The Balaban J connectivity index is 1.70. The van der Waals surface area contributed by atoms with Crippen LogP contribution in [0.5, 0.6) is 5.75 Å². The Kier molecular flexibility index (Phi) is 7.09. The van der Waals surface area contributed by atoms with E-state index in [2.05, 4.69) is 10.6 Å². The molecule has 1 saturated heterocycles. The van der Waals surface area contributed by atoms with E-state index >= 15 is 0 Å². The van der Waals surface area contributed by atoms with Crippen LogP contribution in [0.1, 0.15) is 33.6 Å². The molecule has 1 aliphatic rings. The summed E-state index contributed by atoms with van der Waals surface area (Å²) in [6, 6.07) is 11.1. The number of hydrogen-bond donors (Lipinski definition) is 4. The first-order chi connectivity index (χ1) is 14.9. The van der Waals surface area contributed by atoms with Crippen molar-refractivity contribution in [2.75, 3.05) is 25.5 Å². The monoisotopic (exact) mass is 427 g/mol. The summed E-state index contributed by atoms with van der Waals surface area (Å²) in [5, 5.41) is 25.3. The molecule has 0 radical (unpaired) electrons. The van der Waals surface area contributed by atoms with E-state index in [-0.39, 0.29) is 17.9 Å². The van der Waals surface area contributed by atoms with Gasteiger partial charge in [-0.25, -0.2) is 9.59 Å². The molecule has 0 aliphatic carbocycles. The molecule has 2 aromatic rings. The zero-order valence-electron chi connectivity index (χ0n) is 17.1. The van der Waals surface area contributed by atoms with Gasteiger partial charge < -0.3 is 30.5 Å². The number of nitrogens with one attached hydrogen (secondary N) is 2. The molecule has 4 N–H and O–H groups in total. The zero-order chi connectivity index (χ0) is 22.4. The molecule has 0 saturated carbocycles. The lowest BCUT2D eigenvalue weighted by Gasteiger charge is -2.27. The van der Waals surface area contributed by atoms with Crippen molar-refractivity contribution in [3.8, 4) is 5.75 Å². The lowest BCUT2D eigenvalue weighted by Crippen LogP contribution is -2.50. The highest BCUT2D eigenvalue weighted by Gasteiger charge is 2.30. The lowest BCUT2D eigenvalue weighted by atomic mass is 10.1. The molecule has 9 nitrogen and oxygen atoms in total. The van der Waals surface area contributed by atoms with E-state index in [0.29, 0.717) is 30.6 Å². The first-order valence-electron chi connectivity index (χ1n) is 9.90. The summed E-state index contributed by atoms with van der Waals surface area (Å²) in [5.41, 5.74) is 0.872. The molecule has 164 valence electrons. The molecule has 0 bridgehead atoms. The summed E-state index contributed by atoms with van der Waals surface area (Å²) in [6.45, 7) is 0.478. The summed E-state index contributed by atoms with van der Waals surface area (Å²) in [5.74, 6) is -0.940. The summed E-state index contributed by atoms with van der Waals surface area (Å²) in [4.78, 5) is 38.8. The molecule has 1 fully saturated rings. The molecule has 0 aromatic heterocycles. The highest BCUT2D eigenvalue weighted by Crippen LogP contribution is 2.19. The van der Waals surface area contributed by atoms with Crippen molar-refractivity contribution in [2.45, 2.75) is 25.0 Å². The van der Waals surface area contributed by atoms with Crippen molar-refractivity contribution in [2.24, 2.45) is 0 Å². The lowest BCUT2D eigenvalue weighted by molar-refractivity contribution is 0.0601. The van der Waals surface area contributed by atoms with Crippen LogP contribution >= 0.6 is 0 Å². The topological polar surface area (TPSA) is 128 Å². The average molecular weight is 427 g/mol. The number of ether oxygens (including phenoxy) is 1. The summed E-state index contributed by atoms with van der Waals surface area (Å²) >= 11 is 0. The molecule has 3 rings (SSSR count). The fourth-order valence-electron chi connectivity index (χ4n) is 3.41. The Labute approximate surface area is 179 Å². The van der Waals surface area contributed by atoms with Crippen LogP contribution in [0.2, 0.25) is 0 Å². The summed E-state index contributed by atoms with van der Waals surface area (Å²) < 4.78 is 4.75. The van der Waals surface area contributed by atoms with Gasteiger partial charge in [-0.05, 0) is 49.2 Å². The van der Waals surface area contributed by atoms with Crippen molar-refractivity contribution in [3.63, 3.8) is 0 Å². The Hall–Kier alpha value is -3.59. The fourth-order valence-corrected chi connectivity index (χ4v) is 3.41. The van der Waals surface area contributed by atoms with Gasteiger partial charge in [-0.1, -0.05) is 12.1 Å². The van der Waals surface area contributed by atoms with Crippen molar-refractivity contribution in [3.05, 3.63) is 59.7 Å². The van der Waals surface area contributed by atoms with E-state index < -0.39 is 30.1 Å². The molecule has 2 unspecified atom stereocenters. The van der Waals surface area contributed by atoms with Crippen LogP contribution in [-0.2, 0) is 4.74 Å². The maximum absolute atomic E-state index is 12.9. The first-order valence-corrected chi connectivity index (χ1v) is 9.90. The summed E-state index contributed by atoms with van der Waals surface area (Å²) in [7, 11) is 1.26. The Morgan fingerprint density at radius 3 is 2.52 bits per heavy atom. The van der Waals surface area contributed by atoms with E-state index in [4.69, 9.17) is 4.74 Å². The van der Waals surface area contributed by atoms with Gasteiger partial charge in [-0.15, -0.1) is 0 Å². The quantitative estimate of drug-likeness (QED) is 0.553. The molecule has 9 heteroatoms. The predicted octanol–water partition coefficient (Wildman–Crippen LogP) is 1.97. The van der Waals surface area contributed by atoms with E-state index in [1.54, 1.807) is 24.3 Å². The van der Waals surface area contributed by atoms with Crippen LogP contribution < -0.4 is 10.6 Å². The number of esters is 1. The molecule has 1 heterocycles. The number of methoxy groups -OCH3 is 1. The number of rotatable bonds is 4. The average Bonchev–Trinajstić information content (AvgIpc) is 2.95. The molecule has 3 amide bonds. The number of hydrogen-bond acceptors (Lipinski definition) is 6. The van der Waals surface area contributed by atoms with E-state index in [0.717, 1.165) is 0 Å². The van der Waals surface area contributed by atoms with Crippen LogP contribution in [-0.4, -0.2) is 65.4 Å². The van der Waals surface area contributed by atoms with Crippen molar-refractivity contribution in [1.82, 2.24) is 10.2 Å². The number of amides is 3. The van der Waals surface area contributed by atoms with E-state index in [1.165, 1.54) is 36.3 Å². The van der Waals surface area contributed by atoms with Crippen LogP contribution in [0.4, 0.5) is 10.5 Å². The van der Waals surface area contributed by atoms with Gasteiger partial charge in [0.05, 0.1) is 30.5 Å². The number of aliphatic hydroxyl groups is 1. The number of phenolic OH excluding ortho intramolecular Hbond substituents is 1. The van der Waals surface area contributed by atoms with E-state index in [1.807, 2.05) is 0 Å². The highest BCUT2D eigenvalue weighted by atomic mass is 16.5. The minimum atomic E-state index is -0.818. The molecule has 31 heavy (non-hydrogen) atoms. The Morgan fingerprint density at radius 1 is 1.10 bits per heavy atom. The van der Waals surface area contributed by atoms with Crippen LogP contribution in [0.3, 0.4) is 0 Å². The van der Waals surface area contributed by atoms with Crippen molar-refractivity contribution in [1.29, 1.82) is 0 Å². The van der Waals surface area contributed by atoms with Gasteiger partial charge in [0.25, 0.3) is 5.91 Å². The second-order valence-electron chi connectivity index (χ2n) is 7.25. The smallest absolute Gasteiger partial charge is 0.339 e. The molecular formula is C22H25N3O6. The number of para-hydroxylation sites is 1. The second kappa shape index (κ2) is 9.94. The van der Waals surface area contributed by atoms with Gasteiger partial charge >= 0.3 is 12.0 Å². The third kappa shape index (κ3) is 5.52.